The van der Waals surface area contributed by atoms with E-state index in [2.05, 4.69) is 5.32 Å². The van der Waals surface area contributed by atoms with Crippen molar-refractivity contribution in [3.8, 4) is 11.5 Å². The van der Waals surface area contributed by atoms with Crippen LogP contribution in [0.2, 0.25) is 0 Å². The Bertz CT molecular complexity index is 784. The summed E-state index contributed by atoms with van der Waals surface area (Å²) in [6.07, 6.45) is -1.02. The lowest BCUT2D eigenvalue weighted by atomic mass is 10.1. The quantitative estimate of drug-likeness (QED) is 0.752. The van der Waals surface area contributed by atoms with Crippen LogP contribution in [0.3, 0.4) is 0 Å². The normalized spacial score (nSPS) is 12.6. The number of carbonyl (C=O) groups excluding carboxylic acids is 2. The number of nitrogens with one attached hydrogen (secondary N) is 1. The highest BCUT2D eigenvalue weighted by atomic mass is 19.1. The summed E-state index contributed by atoms with van der Waals surface area (Å²) in [6.45, 7) is 3.23. The van der Waals surface area contributed by atoms with Crippen molar-refractivity contribution in [2.45, 2.75) is 26.0 Å². The van der Waals surface area contributed by atoms with E-state index in [4.69, 9.17) is 14.2 Å². The van der Waals surface area contributed by atoms with Crippen molar-refractivity contribution >= 4 is 11.9 Å². The average molecular weight is 375 g/mol. The molecule has 0 saturated carbocycles. The molecule has 0 aliphatic heterocycles. The molecule has 0 unspecified atom stereocenters. The molecule has 2 aromatic carbocycles. The van der Waals surface area contributed by atoms with Crippen LogP contribution in [0, 0.1) is 5.82 Å². The number of methoxy groups -OCH3 is 2. The van der Waals surface area contributed by atoms with Gasteiger partial charge in [-0.05, 0) is 43.7 Å². The molecule has 0 aromatic heterocycles. The largest absolute Gasteiger partial charge is 0.497 e. The first kappa shape index (κ1) is 20.2. The van der Waals surface area contributed by atoms with Crippen LogP contribution in [-0.4, -0.2) is 32.2 Å². The monoisotopic (exact) mass is 375 g/mol. The van der Waals surface area contributed by atoms with Gasteiger partial charge in [-0.3, -0.25) is 4.79 Å². The van der Waals surface area contributed by atoms with Gasteiger partial charge in [0.1, 0.15) is 17.3 Å². The number of esters is 1. The number of benzene rings is 2. The highest BCUT2D eigenvalue weighted by Crippen LogP contribution is 2.23. The summed E-state index contributed by atoms with van der Waals surface area (Å²) in [4.78, 5) is 24.6. The van der Waals surface area contributed by atoms with E-state index in [1.807, 2.05) is 0 Å². The van der Waals surface area contributed by atoms with E-state index in [1.54, 1.807) is 25.1 Å². The first-order valence-electron chi connectivity index (χ1n) is 8.34. The van der Waals surface area contributed by atoms with E-state index in [0.29, 0.717) is 11.5 Å². The zero-order valence-corrected chi connectivity index (χ0v) is 15.6. The second-order valence-electron chi connectivity index (χ2n) is 5.93. The van der Waals surface area contributed by atoms with Gasteiger partial charge >= 0.3 is 5.97 Å². The van der Waals surface area contributed by atoms with E-state index >= 15 is 0 Å². The van der Waals surface area contributed by atoms with Crippen molar-refractivity contribution in [2.75, 3.05) is 14.2 Å². The lowest BCUT2D eigenvalue weighted by Gasteiger charge is -2.18. The minimum Gasteiger partial charge on any atom is -0.497 e. The third kappa shape index (κ3) is 5.44. The number of carbonyl (C=O) groups is 2. The molecule has 1 amide bonds. The standard InChI is InChI=1S/C20H22FNO5/c1-12(14-5-7-16(21)8-6-14)22-19(23)13(2)27-20(24)15-9-17(25-3)11-18(10-15)26-4/h5-13H,1-4H3,(H,22,23)/t12-,13+/m0/s1. The van der Waals surface area contributed by atoms with Gasteiger partial charge in [-0.15, -0.1) is 0 Å². The summed E-state index contributed by atoms with van der Waals surface area (Å²) in [5.41, 5.74) is 0.943. The van der Waals surface area contributed by atoms with Crippen LogP contribution in [-0.2, 0) is 9.53 Å². The Morgan fingerprint density at radius 2 is 1.52 bits per heavy atom. The molecule has 6 nitrogen and oxygen atoms in total. The van der Waals surface area contributed by atoms with Crippen molar-refractivity contribution in [2.24, 2.45) is 0 Å². The molecular formula is C20H22FNO5. The molecule has 1 N–H and O–H groups in total. The SMILES string of the molecule is COc1cc(OC)cc(C(=O)O[C@H](C)C(=O)N[C@@H](C)c2ccc(F)cc2)c1. The summed E-state index contributed by atoms with van der Waals surface area (Å²) < 4.78 is 28.5. The number of ether oxygens (including phenoxy) is 3. The molecule has 0 fully saturated rings. The molecule has 2 rings (SSSR count). The first-order valence-corrected chi connectivity index (χ1v) is 8.34. The topological polar surface area (TPSA) is 73.9 Å². The van der Waals surface area contributed by atoms with Crippen molar-refractivity contribution in [3.05, 3.63) is 59.4 Å². The maximum absolute atomic E-state index is 13.0. The molecule has 0 heterocycles. The number of hydrogen-bond acceptors (Lipinski definition) is 5. The van der Waals surface area contributed by atoms with E-state index in [1.165, 1.54) is 45.4 Å². The fourth-order valence-corrected chi connectivity index (χ4v) is 2.37. The van der Waals surface area contributed by atoms with Gasteiger partial charge in [0.15, 0.2) is 6.10 Å². The number of rotatable bonds is 7. The number of halogens is 1. The second-order valence-corrected chi connectivity index (χ2v) is 5.93. The van der Waals surface area contributed by atoms with Gasteiger partial charge in [-0.1, -0.05) is 12.1 Å². The van der Waals surface area contributed by atoms with Gasteiger partial charge in [-0.2, -0.15) is 0 Å². The van der Waals surface area contributed by atoms with Gasteiger partial charge in [0.2, 0.25) is 0 Å². The highest BCUT2D eigenvalue weighted by Gasteiger charge is 2.21. The van der Waals surface area contributed by atoms with E-state index in [0.717, 1.165) is 5.56 Å². The summed E-state index contributed by atoms with van der Waals surface area (Å²) >= 11 is 0. The number of hydrogen-bond donors (Lipinski definition) is 1. The molecule has 0 saturated heterocycles. The van der Waals surface area contributed by atoms with Gasteiger partial charge in [-0.25, -0.2) is 9.18 Å². The summed E-state index contributed by atoms with van der Waals surface area (Å²) in [5, 5.41) is 2.73. The van der Waals surface area contributed by atoms with Crippen LogP contribution < -0.4 is 14.8 Å². The van der Waals surface area contributed by atoms with Gasteiger partial charge in [0.25, 0.3) is 5.91 Å². The van der Waals surface area contributed by atoms with Crippen molar-refractivity contribution in [3.63, 3.8) is 0 Å². The van der Waals surface area contributed by atoms with Crippen LogP contribution in [0.5, 0.6) is 11.5 Å². The van der Waals surface area contributed by atoms with Gasteiger partial charge < -0.3 is 19.5 Å². The van der Waals surface area contributed by atoms with Crippen LogP contribution >= 0.6 is 0 Å². The maximum atomic E-state index is 13.0. The van der Waals surface area contributed by atoms with E-state index in [9.17, 15) is 14.0 Å². The van der Waals surface area contributed by atoms with Crippen LogP contribution in [0.4, 0.5) is 4.39 Å². The fourth-order valence-electron chi connectivity index (χ4n) is 2.37. The predicted molar refractivity (Wildman–Crippen MR) is 97.4 cm³/mol. The molecule has 2 aromatic rings. The maximum Gasteiger partial charge on any atom is 0.339 e. The van der Waals surface area contributed by atoms with Crippen LogP contribution in [0.1, 0.15) is 35.8 Å². The van der Waals surface area contributed by atoms with Crippen molar-refractivity contribution < 1.29 is 28.2 Å². The molecule has 0 aliphatic carbocycles. The third-order valence-electron chi connectivity index (χ3n) is 3.97. The lowest BCUT2D eigenvalue weighted by Crippen LogP contribution is -2.37. The Labute approximate surface area is 157 Å². The fraction of sp³-hybridized carbons (Fsp3) is 0.300. The summed E-state index contributed by atoms with van der Waals surface area (Å²) in [6, 6.07) is 10.1. The zero-order valence-electron chi connectivity index (χ0n) is 15.6. The van der Waals surface area contributed by atoms with Crippen molar-refractivity contribution in [1.82, 2.24) is 5.32 Å². The summed E-state index contributed by atoms with van der Waals surface area (Å²) in [7, 11) is 2.94. The Balaban J connectivity index is 2.01. The minimum atomic E-state index is -1.02. The Hall–Kier alpha value is -3.09. The van der Waals surface area contributed by atoms with Gasteiger partial charge in [0, 0.05) is 6.07 Å². The predicted octanol–water partition coefficient (Wildman–Crippen LogP) is 3.27. The van der Waals surface area contributed by atoms with Crippen LogP contribution in [0.15, 0.2) is 42.5 Å². The van der Waals surface area contributed by atoms with E-state index in [-0.39, 0.29) is 17.4 Å². The molecule has 27 heavy (non-hydrogen) atoms. The molecule has 0 radical (unpaired) electrons. The third-order valence-corrected chi connectivity index (χ3v) is 3.97. The highest BCUT2D eigenvalue weighted by molar-refractivity contribution is 5.93. The second kappa shape index (κ2) is 9.02. The molecule has 0 spiro atoms. The first-order chi connectivity index (χ1) is 12.8. The molecule has 0 aliphatic rings. The Morgan fingerprint density at radius 3 is 2.04 bits per heavy atom. The number of amides is 1. The molecule has 7 heteroatoms. The average Bonchev–Trinajstić information content (AvgIpc) is 2.67. The summed E-state index contributed by atoms with van der Waals surface area (Å²) in [5.74, 6) is -0.626. The smallest absolute Gasteiger partial charge is 0.339 e. The Kier molecular flexibility index (Phi) is 6.76. The lowest BCUT2D eigenvalue weighted by molar-refractivity contribution is -0.129. The van der Waals surface area contributed by atoms with Gasteiger partial charge in [0.05, 0.1) is 25.8 Å². The molecule has 144 valence electrons. The molecule has 0 bridgehead atoms. The Morgan fingerprint density at radius 1 is 0.963 bits per heavy atom. The molecule has 2 atom stereocenters. The van der Waals surface area contributed by atoms with E-state index < -0.39 is 18.0 Å². The molecular weight excluding hydrogens is 353 g/mol. The van der Waals surface area contributed by atoms with Crippen LogP contribution in [0.25, 0.3) is 0 Å². The minimum absolute atomic E-state index is 0.206. The zero-order chi connectivity index (χ0) is 20.0. The van der Waals surface area contributed by atoms with Crippen molar-refractivity contribution in [1.29, 1.82) is 0 Å².